The van der Waals surface area contributed by atoms with Crippen LogP contribution in [0.3, 0.4) is 0 Å². The number of carbonyl (C=O) groups excluding carboxylic acids is 1. The summed E-state index contributed by atoms with van der Waals surface area (Å²) in [6, 6.07) is 3.29. The molecular formula is C11H13F2NO. The van der Waals surface area contributed by atoms with Gasteiger partial charge in [-0.25, -0.2) is 8.78 Å². The Labute approximate surface area is 87.3 Å². The summed E-state index contributed by atoms with van der Waals surface area (Å²) < 4.78 is 25.4. The molecule has 2 nitrogen and oxygen atoms in total. The van der Waals surface area contributed by atoms with Crippen LogP contribution >= 0.6 is 0 Å². The molecule has 0 aliphatic carbocycles. The van der Waals surface area contributed by atoms with Crippen molar-refractivity contribution < 1.29 is 13.6 Å². The predicted octanol–water partition coefficient (Wildman–Crippen LogP) is 2.95. The summed E-state index contributed by atoms with van der Waals surface area (Å²) in [6.45, 7) is 3.66. The summed E-state index contributed by atoms with van der Waals surface area (Å²) in [5.41, 5.74) is 0.277. The van der Waals surface area contributed by atoms with Gasteiger partial charge in [-0.15, -0.1) is 0 Å². The van der Waals surface area contributed by atoms with Gasteiger partial charge in [-0.3, -0.25) is 4.79 Å². The number of hydrogen-bond donors (Lipinski definition) is 1. The van der Waals surface area contributed by atoms with E-state index in [0.29, 0.717) is 6.42 Å². The van der Waals surface area contributed by atoms with Gasteiger partial charge >= 0.3 is 0 Å². The Morgan fingerprint density at radius 3 is 2.60 bits per heavy atom. The third kappa shape index (κ3) is 3.01. The Morgan fingerprint density at radius 2 is 2.07 bits per heavy atom. The number of halogens is 2. The highest BCUT2D eigenvalue weighted by Gasteiger charge is 2.11. The standard InChI is InChI=1S/C11H13F2NO/c1-3-7(2)11(15)14-8-4-5-9(12)10(13)6-8/h4-7H,3H2,1-2H3,(H,14,15)/t7-/m1/s1. The van der Waals surface area contributed by atoms with Crippen LogP contribution in [0.15, 0.2) is 18.2 Å². The van der Waals surface area contributed by atoms with E-state index < -0.39 is 11.6 Å². The summed E-state index contributed by atoms with van der Waals surface area (Å²) in [5, 5.41) is 2.52. The summed E-state index contributed by atoms with van der Waals surface area (Å²) in [7, 11) is 0. The Kier molecular flexibility index (Phi) is 3.77. The topological polar surface area (TPSA) is 29.1 Å². The molecule has 1 atom stereocenters. The highest BCUT2D eigenvalue weighted by atomic mass is 19.2. The number of hydrogen-bond acceptors (Lipinski definition) is 1. The molecular weight excluding hydrogens is 200 g/mol. The number of benzene rings is 1. The maximum atomic E-state index is 12.8. The van der Waals surface area contributed by atoms with Crippen molar-refractivity contribution in [1.29, 1.82) is 0 Å². The molecule has 0 aliphatic heterocycles. The minimum absolute atomic E-state index is 0.141. The molecule has 0 aromatic heterocycles. The maximum absolute atomic E-state index is 12.8. The third-order valence-electron chi connectivity index (χ3n) is 2.25. The van der Waals surface area contributed by atoms with E-state index in [0.717, 1.165) is 12.1 Å². The smallest absolute Gasteiger partial charge is 0.227 e. The lowest BCUT2D eigenvalue weighted by Crippen LogP contribution is -2.19. The van der Waals surface area contributed by atoms with Gasteiger partial charge in [-0.1, -0.05) is 13.8 Å². The van der Waals surface area contributed by atoms with Crippen molar-refractivity contribution in [2.45, 2.75) is 20.3 Å². The maximum Gasteiger partial charge on any atom is 0.227 e. The zero-order valence-corrected chi connectivity index (χ0v) is 8.68. The van der Waals surface area contributed by atoms with Crippen molar-refractivity contribution >= 4 is 11.6 Å². The van der Waals surface area contributed by atoms with Crippen molar-refractivity contribution in [2.75, 3.05) is 5.32 Å². The van der Waals surface area contributed by atoms with Crippen LogP contribution in [0.2, 0.25) is 0 Å². The van der Waals surface area contributed by atoms with E-state index in [2.05, 4.69) is 5.32 Å². The number of amides is 1. The van der Waals surface area contributed by atoms with E-state index in [9.17, 15) is 13.6 Å². The first-order valence-corrected chi connectivity index (χ1v) is 4.80. The fourth-order valence-electron chi connectivity index (χ4n) is 1.02. The lowest BCUT2D eigenvalue weighted by Gasteiger charge is -2.09. The first-order valence-electron chi connectivity index (χ1n) is 4.80. The molecule has 0 aliphatic rings. The third-order valence-corrected chi connectivity index (χ3v) is 2.25. The SMILES string of the molecule is CC[C@@H](C)C(=O)Nc1ccc(F)c(F)c1. The van der Waals surface area contributed by atoms with Crippen molar-refractivity contribution in [3.05, 3.63) is 29.8 Å². The molecule has 0 spiro atoms. The predicted molar refractivity (Wildman–Crippen MR) is 54.4 cm³/mol. The van der Waals surface area contributed by atoms with Crippen molar-refractivity contribution in [3.63, 3.8) is 0 Å². The van der Waals surface area contributed by atoms with Gasteiger partial charge in [-0.2, -0.15) is 0 Å². The average molecular weight is 213 g/mol. The second kappa shape index (κ2) is 4.87. The average Bonchev–Trinajstić information content (AvgIpc) is 2.22. The Morgan fingerprint density at radius 1 is 1.40 bits per heavy atom. The highest BCUT2D eigenvalue weighted by Crippen LogP contribution is 2.14. The second-order valence-corrected chi connectivity index (χ2v) is 3.43. The normalized spacial score (nSPS) is 12.3. The second-order valence-electron chi connectivity index (χ2n) is 3.43. The minimum Gasteiger partial charge on any atom is -0.326 e. The van der Waals surface area contributed by atoms with E-state index in [1.54, 1.807) is 6.92 Å². The van der Waals surface area contributed by atoms with Crippen LogP contribution in [0.1, 0.15) is 20.3 Å². The molecule has 0 saturated heterocycles. The lowest BCUT2D eigenvalue weighted by atomic mass is 10.1. The van der Waals surface area contributed by atoms with Gasteiger partial charge in [-0.05, 0) is 18.6 Å². The highest BCUT2D eigenvalue weighted by molar-refractivity contribution is 5.92. The monoisotopic (exact) mass is 213 g/mol. The van der Waals surface area contributed by atoms with Crippen molar-refractivity contribution in [3.8, 4) is 0 Å². The molecule has 1 aromatic carbocycles. The fourth-order valence-corrected chi connectivity index (χ4v) is 1.02. The van der Waals surface area contributed by atoms with E-state index in [4.69, 9.17) is 0 Å². The van der Waals surface area contributed by atoms with E-state index in [1.165, 1.54) is 6.07 Å². The van der Waals surface area contributed by atoms with Gasteiger partial charge in [0.05, 0.1) is 0 Å². The van der Waals surface area contributed by atoms with Gasteiger partial charge < -0.3 is 5.32 Å². The summed E-state index contributed by atoms with van der Waals surface area (Å²) in [4.78, 5) is 11.4. The largest absolute Gasteiger partial charge is 0.326 e. The number of nitrogens with one attached hydrogen (secondary N) is 1. The molecule has 0 fully saturated rings. The molecule has 1 N–H and O–H groups in total. The molecule has 1 rings (SSSR count). The molecule has 15 heavy (non-hydrogen) atoms. The summed E-state index contributed by atoms with van der Waals surface area (Å²) in [6.07, 6.45) is 0.704. The number of anilines is 1. The molecule has 0 saturated carbocycles. The van der Waals surface area contributed by atoms with Crippen LogP contribution in [0.4, 0.5) is 14.5 Å². The molecule has 4 heteroatoms. The van der Waals surface area contributed by atoms with Gasteiger partial charge in [0, 0.05) is 17.7 Å². The molecule has 0 radical (unpaired) electrons. The molecule has 1 aromatic rings. The molecule has 1 amide bonds. The summed E-state index contributed by atoms with van der Waals surface area (Å²) in [5.74, 6) is -2.21. The van der Waals surface area contributed by atoms with Crippen molar-refractivity contribution in [1.82, 2.24) is 0 Å². The number of rotatable bonds is 3. The van der Waals surface area contributed by atoms with Crippen LogP contribution in [-0.2, 0) is 4.79 Å². The van der Waals surface area contributed by atoms with Crippen molar-refractivity contribution in [2.24, 2.45) is 5.92 Å². The van der Waals surface area contributed by atoms with E-state index >= 15 is 0 Å². The van der Waals surface area contributed by atoms with Crippen LogP contribution in [-0.4, -0.2) is 5.91 Å². The fraction of sp³-hybridized carbons (Fsp3) is 0.364. The quantitative estimate of drug-likeness (QED) is 0.821. The Balaban J connectivity index is 2.73. The van der Waals surface area contributed by atoms with Gasteiger partial charge in [0.1, 0.15) is 0 Å². The van der Waals surface area contributed by atoms with E-state index in [-0.39, 0.29) is 17.5 Å². The summed E-state index contributed by atoms with van der Waals surface area (Å²) >= 11 is 0. The van der Waals surface area contributed by atoms with Crippen LogP contribution in [0, 0.1) is 17.6 Å². The Hall–Kier alpha value is -1.45. The van der Waals surface area contributed by atoms with Gasteiger partial charge in [0.15, 0.2) is 11.6 Å². The molecule has 0 heterocycles. The Bertz CT molecular complexity index is 366. The van der Waals surface area contributed by atoms with E-state index in [1.807, 2.05) is 6.92 Å². The zero-order chi connectivity index (χ0) is 11.4. The molecule has 82 valence electrons. The van der Waals surface area contributed by atoms with Crippen LogP contribution in [0.25, 0.3) is 0 Å². The van der Waals surface area contributed by atoms with Gasteiger partial charge in [0.25, 0.3) is 0 Å². The van der Waals surface area contributed by atoms with Crippen LogP contribution in [0.5, 0.6) is 0 Å². The van der Waals surface area contributed by atoms with Gasteiger partial charge in [0.2, 0.25) is 5.91 Å². The zero-order valence-electron chi connectivity index (χ0n) is 8.68. The first-order chi connectivity index (χ1) is 7.04. The number of carbonyl (C=O) groups is 1. The minimum atomic E-state index is -0.961. The molecule has 0 bridgehead atoms. The molecule has 0 unspecified atom stereocenters. The first kappa shape index (κ1) is 11.6. The van der Waals surface area contributed by atoms with Crippen LogP contribution < -0.4 is 5.32 Å². The lowest BCUT2D eigenvalue weighted by molar-refractivity contribution is -0.119.